The number of thiazole rings is 1. The maximum Gasteiger partial charge on any atom is 0.355 e. The Hall–Kier alpha value is -2.10. The number of hydrogen-bond donors (Lipinski definition) is 1. The molecule has 0 radical (unpaired) electrons. The zero-order valence-electron chi connectivity index (χ0n) is 16.7. The van der Waals surface area contributed by atoms with Crippen molar-refractivity contribution in [1.29, 1.82) is 0 Å². The Morgan fingerprint density at radius 3 is 2.93 bits per heavy atom. The van der Waals surface area contributed by atoms with Crippen molar-refractivity contribution < 1.29 is 19.4 Å². The molecule has 1 amide bonds. The van der Waals surface area contributed by atoms with Gasteiger partial charge in [0.2, 0.25) is 5.91 Å². The molecule has 29 heavy (non-hydrogen) atoms. The normalized spacial score (nSPS) is 27.2. The predicted molar refractivity (Wildman–Crippen MR) is 113 cm³/mol. The van der Waals surface area contributed by atoms with Crippen LogP contribution in [0.3, 0.4) is 0 Å². The summed E-state index contributed by atoms with van der Waals surface area (Å²) in [6.07, 6.45) is 6.33. The van der Waals surface area contributed by atoms with Crippen LogP contribution in [-0.4, -0.2) is 56.3 Å². The summed E-state index contributed by atoms with van der Waals surface area (Å²) >= 11 is 3.10. The Morgan fingerprint density at radius 2 is 2.31 bits per heavy atom. The quantitative estimate of drug-likeness (QED) is 0.326. The van der Waals surface area contributed by atoms with Gasteiger partial charge in [-0.3, -0.25) is 9.20 Å². The van der Waals surface area contributed by atoms with Crippen molar-refractivity contribution in [2.75, 3.05) is 12.9 Å². The Labute approximate surface area is 177 Å². The SMILES string of the molecule is C=CCOC(=O)C1=C(c2cn3cnc(SC)c3s2)[C@H](C)[C@H]2N1C(=O)[C@]2(C)[C@@H](C)O. The molecule has 4 atom stereocenters. The van der Waals surface area contributed by atoms with Crippen molar-refractivity contribution in [3.05, 3.63) is 35.8 Å². The van der Waals surface area contributed by atoms with E-state index in [1.54, 1.807) is 31.9 Å². The number of carbonyl (C=O) groups excluding carboxylic acids is 2. The molecule has 2 aliphatic heterocycles. The molecule has 4 heterocycles. The number of hydrogen-bond acceptors (Lipinski definition) is 7. The molecule has 1 N–H and O–H groups in total. The second-order valence-electron chi connectivity index (χ2n) is 7.58. The Kier molecular flexibility index (Phi) is 4.87. The van der Waals surface area contributed by atoms with Crippen molar-refractivity contribution >= 4 is 45.4 Å². The van der Waals surface area contributed by atoms with Crippen molar-refractivity contribution in [3.63, 3.8) is 0 Å². The molecule has 0 aliphatic carbocycles. The highest BCUT2D eigenvalue weighted by molar-refractivity contribution is 7.98. The first kappa shape index (κ1) is 20.2. The first-order chi connectivity index (χ1) is 13.8. The Bertz CT molecular complexity index is 1050. The lowest BCUT2D eigenvalue weighted by atomic mass is 9.65. The summed E-state index contributed by atoms with van der Waals surface area (Å²) in [6, 6.07) is -0.295. The van der Waals surface area contributed by atoms with Crippen LogP contribution in [0.5, 0.6) is 0 Å². The second kappa shape index (κ2) is 7.00. The number of carbonyl (C=O) groups is 2. The van der Waals surface area contributed by atoms with Crippen molar-refractivity contribution in [1.82, 2.24) is 14.3 Å². The lowest BCUT2D eigenvalue weighted by Crippen LogP contribution is -2.71. The van der Waals surface area contributed by atoms with Crippen LogP contribution in [0.2, 0.25) is 0 Å². The standard InChI is InChI=1S/C20H23N3O4S2/c1-6-7-27-18(25)14-13(12-8-22-9-21-16(28-5)17(22)29-12)10(2)15-20(4,11(3)24)19(26)23(14)15/h6,8-11,15,24H,1,7H2,2-5H3/t10-,11+,15+,20+/m0/s1. The number of fused-ring (bicyclic) bond motifs is 2. The lowest BCUT2D eigenvalue weighted by molar-refractivity contribution is -0.181. The summed E-state index contributed by atoms with van der Waals surface area (Å²) in [5, 5.41) is 11.2. The molecule has 0 aromatic carbocycles. The number of esters is 1. The lowest BCUT2D eigenvalue weighted by Gasteiger charge is -2.54. The maximum atomic E-state index is 13.0. The summed E-state index contributed by atoms with van der Waals surface area (Å²) < 4.78 is 7.25. The number of imidazole rings is 1. The highest BCUT2D eigenvalue weighted by Crippen LogP contribution is 2.57. The fourth-order valence-electron chi connectivity index (χ4n) is 4.42. The highest BCUT2D eigenvalue weighted by Gasteiger charge is 2.67. The molecule has 9 heteroatoms. The molecule has 0 unspecified atom stereocenters. The molecule has 7 nitrogen and oxygen atoms in total. The van der Waals surface area contributed by atoms with Crippen LogP contribution >= 0.6 is 23.1 Å². The van der Waals surface area contributed by atoms with E-state index in [1.807, 2.05) is 23.8 Å². The number of rotatable bonds is 6. The first-order valence-corrected chi connectivity index (χ1v) is 11.4. The summed E-state index contributed by atoms with van der Waals surface area (Å²) in [6.45, 7) is 9.04. The van der Waals surface area contributed by atoms with Gasteiger partial charge in [0.25, 0.3) is 0 Å². The van der Waals surface area contributed by atoms with E-state index in [-0.39, 0.29) is 30.2 Å². The van der Waals surface area contributed by atoms with E-state index in [0.29, 0.717) is 0 Å². The van der Waals surface area contributed by atoms with Gasteiger partial charge in [-0.1, -0.05) is 19.6 Å². The molecule has 2 aromatic heterocycles. The van der Waals surface area contributed by atoms with E-state index >= 15 is 0 Å². The summed E-state index contributed by atoms with van der Waals surface area (Å²) in [7, 11) is 0. The van der Waals surface area contributed by atoms with Crippen molar-refractivity contribution in [2.24, 2.45) is 11.3 Å². The van der Waals surface area contributed by atoms with Gasteiger partial charge in [-0.25, -0.2) is 9.78 Å². The Morgan fingerprint density at radius 1 is 1.59 bits per heavy atom. The van der Waals surface area contributed by atoms with Crippen LogP contribution in [0.4, 0.5) is 0 Å². The monoisotopic (exact) mass is 433 g/mol. The maximum absolute atomic E-state index is 13.0. The number of ether oxygens (including phenoxy) is 1. The van der Waals surface area contributed by atoms with E-state index < -0.39 is 17.5 Å². The number of thioether (sulfide) groups is 1. The summed E-state index contributed by atoms with van der Waals surface area (Å²) in [5.41, 5.74) is 0.120. The zero-order chi connectivity index (χ0) is 21.1. The highest BCUT2D eigenvalue weighted by atomic mass is 32.2. The van der Waals surface area contributed by atoms with Crippen LogP contribution in [0.25, 0.3) is 10.4 Å². The zero-order valence-corrected chi connectivity index (χ0v) is 18.3. The van der Waals surface area contributed by atoms with E-state index in [1.165, 1.54) is 22.3 Å². The average Bonchev–Trinajstić information content (AvgIpc) is 3.34. The number of amides is 1. The minimum Gasteiger partial charge on any atom is -0.457 e. The van der Waals surface area contributed by atoms with E-state index in [2.05, 4.69) is 11.6 Å². The van der Waals surface area contributed by atoms with Gasteiger partial charge >= 0.3 is 5.97 Å². The number of aliphatic hydroxyl groups excluding tert-OH is 1. The molecule has 4 rings (SSSR count). The van der Waals surface area contributed by atoms with E-state index in [0.717, 1.165) is 20.3 Å². The summed E-state index contributed by atoms with van der Waals surface area (Å²) in [5.74, 6) is -0.927. The third kappa shape index (κ3) is 2.64. The molecule has 0 spiro atoms. The minimum absolute atomic E-state index is 0.0666. The third-order valence-corrected chi connectivity index (χ3v) is 7.99. The minimum atomic E-state index is -0.934. The number of β-lactam (4-membered cyclic amide) rings is 1. The average molecular weight is 434 g/mol. The van der Waals surface area contributed by atoms with Gasteiger partial charge in [-0.15, -0.1) is 23.1 Å². The molecule has 0 bridgehead atoms. The van der Waals surface area contributed by atoms with Gasteiger partial charge in [-0.05, 0) is 20.1 Å². The fourth-order valence-corrected chi connectivity index (χ4v) is 6.34. The van der Waals surface area contributed by atoms with Crippen LogP contribution < -0.4 is 0 Å². The van der Waals surface area contributed by atoms with Crippen LogP contribution in [0, 0.1) is 11.3 Å². The second-order valence-corrected chi connectivity index (χ2v) is 9.40. The first-order valence-electron chi connectivity index (χ1n) is 9.32. The van der Waals surface area contributed by atoms with Crippen molar-refractivity contribution in [2.45, 2.75) is 37.9 Å². The molecule has 0 saturated carbocycles. The van der Waals surface area contributed by atoms with Crippen LogP contribution in [0.1, 0.15) is 25.6 Å². The van der Waals surface area contributed by atoms with E-state index in [4.69, 9.17) is 4.74 Å². The summed E-state index contributed by atoms with van der Waals surface area (Å²) in [4.78, 5) is 33.7. The molecule has 1 fully saturated rings. The molecular weight excluding hydrogens is 410 g/mol. The molecule has 1 saturated heterocycles. The number of nitrogens with zero attached hydrogens (tertiary/aromatic N) is 3. The molecule has 2 aliphatic rings. The van der Waals surface area contributed by atoms with Gasteiger partial charge < -0.3 is 14.7 Å². The van der Waals surface area contributed by atoms with Gasteiger partial charge in [-0.2, -0.15) is 0 Å². The van der Waals surface area contributed by atoms with Gasteiger partial charge in [0, 0.05) is 17.7 Å². The van der Waals surface area contributed by atoms with E-state index in [9.17, 15) is 14.7 Å². The largest absolute Gasteiger partial charge is 0.457 e. The fraction of sp³-hybridized carbons (Fsp3) is 0.450. The number of aromatic nitrogens is 2. The number of aliphatic hydroxyl groups is 1. The van der Waals surface area contributed by atoms with Crippen LogP contribution in [-0.2, 0) is 14.3 Å². The van der Waals surface area contributed by atoms with Gasteiger partial charge in [0.05, 0.1) is 22.4 Å². The topological polar surface area (TPSA) is 84.1 Å². The third-order valence-electron chi connectivity index (χ3n) is 6.03. The predicted octanol–water partition coefficient (Wildman–Crippen LogP) is 2.81. The molecule has 2 aromatic rings. The van der Waals surface area contributed by atoms with Crippen LogP contribution in [0.15, 0.2) is 35.9 Å². The smallest absolute Gasteiger partial charge is 0.355 e. The molecule has 154 valence electrons. The van der Waals surface area contributed by atoms with Crippen molar-refractivity contribution in [3.8, 4) is 0 Å². The Balaban J connectivity index is 1.86. The van der Waals surface area contributed by atoms with Gasteiger partial charge in [0.1, 0.15) is 28.5 Å². The molecular formula is C20H23N3O4S2. The van der Waals surface area contributed by atoms with Gasteiger partial charge in [0.15, 0.2) is 0 Å².